The van der Waals surface area contributed by atoms with Gasteiger partial charge in [0.2, 0.25) is 11.8 Å². The number of carbonyl (C=O) groups is 1. The van der Waals surface area contributed by atoms with Crippen LogP contribution >= 0.6 is 46.9 Å². The lowest BCUT2D eigenvalue weighted by molar-refractivity contribution is -0.113. The van der Waals surface area contributed by atoms with E-state index in [0.29, 0.717) is 19.2 Å². The summed E-state index contributed by atoms with van der Waals surface area (Å²) in [6.45, 7) is 6.07. The Labute approximate surface area is 174 Å². The zero-order valence-electron chi connectivity index (χ0n) is 14.9. The third kappa shape index (κ3) is 5.19. The first kappa shape index (κ1) is 20.1. The standard InChI is InChI=1S/C17H17ClN4O2S3/c1-17(2,3)12-8-14(24-21-12)19-13(23)9-26-15-20-22(16(25)27-15)11-6-4-10(18)5-7-11/h4-8H,9H2,1-3H3,(H,19,23). The molecule has 27 heavy (non-hydrogen) atoms. The molecule has 1 aromatic carbocycles. The van der Waals surface area contributed by atoms with E-state index in [9.17, 15) is 4.79 Å². The molecule has 142 valence electrons. The second kappa shape index (κ2) is 8.14. The van der Waals surface area contributed by atoms with Crippen molar-refractivity contribution in [2.24, 2.45) is 0 Å². The highest BCUT2D eigenvalue weighted by molar-refractivity contribution is 8.01. The molecule has 2 heterocycles. The molecule has 1 amide bonds. The topological polar surface area (TPSA) is 73.0 Å². The van der Waals surface area contributed by atoms with Crippen LogP contribution in [0.1, 0.15) is 26.5 Å². The summed E-state index contributed by atoms with van der Waals surface area (Å²) in [6.07, 6.45) is 0. The van der Waals surface area contributed by atoms with E-state index in [-0.39, 0.29) is 17.1 Å². The number of amides is 1. The van der Waals surface area contributed by atoms with E-state index in [0.717, 1.165) is 11.4 Å². The Morgan fingerprint density at radius 1 is 1.37 bits per heavy atom. The SMILES string of the molecule is CC(C)(C)c1cc(NC(=O)CSc2nn(-c3ccc(Cl)cc3)c(=S)s2)on1. The molecule has 6 nitrogen and oxygen atoms in total. The summed E-state index contributed by atoms with van der Waals surface area (Å²) in [6, 6.07) is 8.98. The molecular weight excluding hydrogens is 424 g/mol. The molecule has 0 saturated carbocycles. The number of aromatic nitrogens is 3. The predicted octanol–water partition coefficient (Wildman–Crippen LogP) is 5.33. The number of halogens is 1. The van der Waals surface area contributed by atoms with Gasteiger partial charge in [-0.25, -0.2) is 4.68 Å². The molecule has 1 N–H and O–H groups in total. The lowest BCUT2D eigenvalue weighted by atomic mass is 9.92. The van der Waals surface area contributed by atoms with E-state index < -0.39 is 0 Å². The first-order chi connectivity index (χ1) is 12.7. The van der Waals surface area contributed by atoms with Gasteiger partial charge < -0.3 is 4.52 Å². The Morgan fingerprint density at radius 2 is 2.07 bits per heavy atom. The van der Waals surface area contributed by atoms with Crippen molar-refractivity contribution >= 4 is 58.7 Å². The first-order valence-corrected chi connectivity index (χ1v) is 10.6. The maximum absolute atomic E-state index is 12.2. The Bertz CT molecular complexity index is 1000. The van der Waals surface area contributed by atoms with Crippen molar-refractivity contribution in [2.75, 3.05) is 11.1 Å². The van der Waals surface area contributed by atoms with Gasteiger partial charge in [0, 0.05) is 16.5 Å². The molecular formula is C17H17ClN4O2S3. The minimum atomic E-state index is -0.198. The Balaban J connectivity index is 1.61. The van der Waals surface area contributed by atoms with Crippen LogP contribution in [-0.4, -0.2) is 26.6 Å². The fourth-order valence-electron chi connectivity index (χ4n) is 2.05. The Morgan fingerprint density at radius 3 is 2.70 bits per heavy atom. The van der Waals surface area contributed by atoms with Crippen LogP contribution in [0.3, 0.4) is 0 Å². The second-order valence-corrected chi connectivity index (χ2v) is 9.97. The summed E-state index contributed by atoms with van der Waals surface area (Å²) in [7, 11) is 0. The molecule has 0 saturated heterocycles. The van der Waals surface area contributed by atoms with Gasteiger partial charge in [-0.2, -0.15) is 0 Å². The summed E-state index contributed by atoms with van der Waals surface area (Å²) >= 11 is 13.9. The second-order valence-electron chi connectivity index (χ2n) is 6.69. The van der Waals surface area contributed by atoms with E-state index in [1.54, 1.807) is 22.9 Å². The number of benzene rings is 1. The number of carbonyl (C=O) groups excluding carboxylic acids is 1. The van der Waals surface area contributed by atoms with Crippen LogP contribution in [0.25, 0.3) is 5.69 Å². The highest BCUT2D eigenvalue weighted by Gasteiger charge is 2.20. The number of hydrogen-bond donors (Lipinski definition) is 1. The van der Waals surface area contributed by atoms with Gasteiger partial charge >= 0.3 is 0 Å². The molecule has 2 aromatic heterocycles. The van der Waals surface area contributed by atoms with Gasteiger partial charge in [-0.15, -0.1) is 5.10 Å². The molecule has 0 atom stereocenters. The Kier molecular flexibility index (Phi) is 6.05. The zero-order valence-corrected chi connectivity index (χ0v) is 18.1. The molecule has 0 spiro atoms. The fourth-order valence-corrected chi connectivity index (χ4v) is 4.34. The third-order valence-corrected chi connectivity index (χ3v) is 6.09. The highest BCUT2D eigenvalue weighted by atomic mass is 35.5. The lowest BCUT2D eigenvalue weighted by Gasteiger charge is -2.12. The van der Waals surface area contributed by atoms with Gasteiger partial charge in [0.15, 0.2) is 8.29 Å². The van der Waals surface area contributed by atoms with E-state index in [1.165, 1.54) is 23.1 Å². The summed E-state index contributed by atoms with van der Waals surface area (Å²) in [4.78, 5) is 12.2. The number of nitrogens with zero attached hydrogens (tertiary/aromatic N) is 3. The largest absolute Gasteiger partial charge is 0.338 e. The van der Waals surface area contributed by atoms with Crippen LogP contribution in [0.4, 0.5) is 5.88 Å². The van der Waals surface area contributed by atoms with Crippen molar-refractivity contribution in [1.82, 2.24) is 14.9 Å². The fraction of sp³-hybridized carbons (Fsp3) is 0.294. The summed E-state index contributed by atoms with van der Waals surface area (Å²) in [5.74, 6) is 0.328. The molecule has 10 heteroatoms. The van der Waals surface area contributed by atoms with Gasteiger partial charge in [0.1, 0.15) is 0 Å². The van der Waals surface area contributed by atoms with Gasteiger partial charge in [-0.3, -0.25) is 10.1 Å². The number of hydrogen-bond acceptors (Lipinski definition) is 7. The van der Waals surface area contributed by atoms with Crippen LogP contribution in [0.15, 0.2) is 39.2 Å². The van der Waals surface area contributed by atoms with Gasteiger partial charge in [0.05, 0.1) is 17.1 Å². The number of thioether (sulfide) groups is 1. The monoisotopic (exact) mass is 440 g/mol. The van der Waals surface area contributed by atoms with Crippen molar-refractivity contribution in [3.8, 4) is 5.69 Å². The summed E-state index contributed by atoms with van der Waals surface area (Å²) in [5.41, 5.74) is 1.47. The summed E-state index contributed by atoms with van der Waals surface area (Å²) < 4.78 is 8.13. The van der Waals surface area contributed by atoms with E-state index in [2.05, 4.69) is 15.6 Å². The van der Waals surface area contributed by atoms with Crippen molar-refractivity contribution in [1.29, 1.82) is 0 Å². The molecule has 0 aliphatic carbocycles. The zero-order chi connectivity index (χ0) is 19.6. The molecule has 0 aliphatic rings. The van der Waals surface area contributed by atoms with Crippen LogP contribution in [0.5, 0.6) is 0 Å². The van der Waals surface area contributed by atoms with Crippen LogP contribution in [0, 0.1) is 3.95 Å². The van der Waals surface area contributed by atoms with Crippen LogP contribution in [-0.2, 0) is 10.2 Å². The minimum absolute atomic E-state index is 0.142. The molecule has 0 fully saturated rings. The van der Waals surface area contributed by atoms with Gasteiger partial charge in [0.25, 0.3) is 0 Å². The maximum Gasteiger partial charge on any atom is 0.237 e. The molecule has 0 unspecified atom stereocenters. The number of nitrogens with one attached hydrogen (secondary N) is 1. The van der Waals surface area contributed by atoms with E-state index in [4.69, 9.17) is 28.3 Å². The minimum Gasteiger partial charge on any atom is -0.338 e. The lowest BCUT2D eigenvalue weighted by Crippen LogP contribution is -2.14. The molecule has 3 rings (SSSR count). The number of rotatable bonds is 5. The number of anilines is 1. The van der Waals surface area contributed by atoms with Gasteiger partial charge in [-0.05, 0) is 36.5 Å². The van der Waals surface area contributed by atoms with E-state index >= 15 is 0 Å². The average molecular weight is 441 g/mol. The van der Waals surface area contributed by atoms with Crippen molar-refractivity contribution < 1.29 is 9.32 Å². The molecule has 0 aliphatic heterocycles. The average Bonchev–Trinajstić information content (AvgIpc) is 3.20. The first-order valence-electron chi connectivity index (χ1n) is 7.98. The molecule has 3 aromatic rings. The van der Waals surface area contributed by atoms with Crippen LogP contribution < -0.4 is 5.32 Å². The van der Waals surface area contributed by atoms with E-state index in [1.807, 2.05) is 32.9 Å². The van der Waals surface area contributed by atoms with Crippen molar-refractivity contribution in [3.05, 3.63) is 45.0 Å². The normalized spacial score (nSPS) is 11.6. The quantitative estimate of drug-likeness (QED) is 0.426. The van der Waals surface area contributed by atoms with Gasteiger partial charge in [-0.1, -0.05) is 60.6 Å². The summed E-state index contributed by atoms with van der Waals surface area (Å²) in [5, 5.41) is 11.8. The third-order valence-electron chi connectivity index (χ3n) is 3.47. The maximum atomic E-state index is 12.2. The molecule has 0 bridgehead atoms. The van der Waals surface area contributed by atoms with Crippen molar-refractivity contribution in [3.63, 3.8) is 0 Å². The van der Waals surface area contributed by atoms with Crippen LogP contribution in [0.2, 0.25) is 5.02 Å². The van der Waals surface area contributed by atoms with Crippen molar-refractivity contribution in [2.45, 2.75) is 30.5 Å². The molecule has 0 radical (unpaired) electrons. The Hall–Kier alpha value is -1.68. The smallest absolute Gasteiger partial charge is 0.237 e. The predicted molar refractivity (Wildman–Crippen MR) is 112 cm³/mol. The highest BCUT2D eigenvalue weighted by Crippen LogP contribution is 2.26.